The maximum Gasteiger partial charge on any atom is 0.325 e. The molecule has 2 aliphatic rings. The number of aliphatic hydroxyl groups excluding tert-OH is 2. The SMILES string of the molecule is O=P(O)(O)CC[C@H]1O[C@@H](n2cnc3c(Nc4ccc5c(c4)C=CC5)nc(Cl)nc32)[C@@H](O)C1O. The standard InChI is InChI=1S/C20H21ClN5O6P/c21-20-24-17(23-12-5-4-10-2-1-3-11(10)8-12)14-18(25-20)26(9-22-14)19-16(28)15(27)13(32-19)6-7-33(29,30)31/h1,3-5,8-9,13,15-16,19,27-28H,2,6-7H2,(H,23,24,25)(H2,29,30,31)/t13-,15?,16+,19-/m1/s1. The van der Waals surface area contributed by atoms with Crippen LogP contribution in [0, 0.1) is 0 Å². The van der Waals surface area contributed by atoms with Crippen LogP contribution in [0.3, 0.4) is 0 Å². The van der Waals surface area contributed by atoms with Crippen LogP contribution in [-0.4, -0.2) is 64.0 Å². The van der Waals surface area contributed by atoms with Crippen LogP contribution in [-0.2, 0) is 15.7 Å². The van der Waals surface area contributed by atoms with Gasteiger partial charge in [-0.2, -0.15) is 9.97 Å². The molecule has 174 valence electrons. The van der Waals surface area contributed by atoms with E-state index in [-0.39, 0.29) is 17.4 Å². The van der Waals surface area contributed by atoms with Gasteiger partial charge in [0.15, 0.2) is 23.2 Å². The molecular formula is C20H21ClN5O6P. The number of imidazole rings is 1. The van der Waals surface area contributed by atoms with Gasteiger partial charge in [0.25, 0.3) is 0 Å². The Hall–Kier alpha value is -2.37. The normalized spacial score (nSPS) is 24.5. The van der Waals surface area contributed by atoms with Gasteiger partial charge in [-0.05, 0) is 47.7 Å². The number of hydrogen-bond acceptors (Lipinski definition) is 8. The zero-order valence-electron chi connectivity index (χ0n) is 17.1. The Morgan fingerprint density at radius 1 is 1.24 bits per heavy atom. The molecule has 0 amide bonds. The third-order valence-corrected chi connectivity index (χ3v) is 6.76. The van der Waals surface area contributed by atoms with Gasteiger partial charge in [0, 0.05) is 5.69 Å². The van der Waals surface area contributed by atoms with Crippen molar-refractivity contribution < 1.29 is 29.3 Å². The second-order valence-corrected chi connectivity index (χ2v) is 10.1. The van der Waals surface area contributed by atoms with E-state index in [0.717, 1.165) is 17.7 Å². The fourth-order valence-electron chi connectivity index (χ4n) is 4.12. The van der Waals surface area contributed by atoms with Gasteiger partial charge in [-0.3, -0.25) is 9.13 Å². The molecule has 1 aromatic carbocycles. The summed E-state index contributed by atoms with van der Waals surface area (Å²) in [7, 11) is -4.28. The van der Waals surface area contributed by atoms with Gasteiger partial charge in [0.1, 0.15) is 12.2 Å². The minimum atomic E-state index is -4.28. The molecule has 0 saturated carbocycles. The Balaban J connectivity index is 1.44. The van der Waals surface area contributed by atoms with Gasteiger partial charge in [0.05, 0.1) is 18.6 Å². The zero-order chi connectivity index (χ0) is 23.3. The van der Waals surface area contributed by atoms with E-state index in [1.807, 2.05) is 24.3 Å². The van der Waals surface area contributed by atoms with Crippen LogP contribution in [0.1, 0.15) is 23.8 Å². The number of aliphatic hydroxyl groups is 2. The molecule has 0 bridgehead atoms. The first-order valence-corrected chi connectivity index (χ1v) is 12.4. The predicted octanol–water partition coefficient (Wildman–Crippen LogP) is 1.98. The molecular weight excluding hydrogens is 473 g/mol. The first kappa shape index (κ1) is 22.4. The molecule has 4 atom stereocenters. The summed E-state index contributed by atoms with van der Waals surface area (Å²) < 4.78 is 18.3. The molecule has 1 aliphatic carbocycles. The topological polar surface area (TPSA) is 163 Å². The molecule has 1 fully saturated rings. The van der Waals surface area contributed by atoms with Crippen molar-refractivity contribution in [1.29, 1.82) is 0 Å². The van der Waals surface area contributed by atoms with Crippen molar-refractivity contribution in [2.45, 2.75) is 37.4 Å². The van der Waals surface area contributed by atoms with Crippen LogP contribution in [0.2, 0.25) is 5.28 Å². The van der Waals surface area contributed by atoms with E-state index in [1.165, 1.54) is 16.5 Å². The molecule has 5 rings (SSSR count). The third-order valence-electron chi connectivity index (χ3n) is 5.75. The first-order valence-electron chi connectivity index (χ1n) is 10.2. The number of aromatic nitrogens is 4. The number of allylic oxidation sites excluding steroid dienone is 1. The molecule has 11 nitrogen and oxygen atoms in total. The lowest BCUT2D eigenvalue weighted by molar-refractivity contribution is -0.0355. The van der Waals surface area contributed by atoms with Gasteiger partial charge < -0.3 is 30.1 Å². The summed E-state index contributed by atoms with van der Waals surface area (Å²) in [4.78, 5) is 31.0. The number of benzene rings is 1. The van der Waals surface area contributed by atoms with E-state index < -0.39 is 38.3 Å². The monoisotopic (exact) mass is 493 g/mol. The second kappa shape index (κ2) is 8.44. The quantitative estimate of drug-likeness (QED) is 0.253. The number of ether oxygens (including phenoxy) is 1. The lowest BCUT2D eigenvalue weighted by atomic mass is 10.1. The van der Waals surface area contributed by atoms with E-state index in [1.54, 1.807) is 0 Å². The van der Waals surface area contributed by atoms with Crippen LogP contribution in [0.15, 0.2) is 30.6 Å². The Kier molecular flexibility index (Phi) is 5.74. The first-order chi connectivity index (χ1) is 15.7. The molecule has 3 aromatic rings. The maximum atomic E-state index is 11.2. The van der Waals surface area contributed by atoms with Crippen molar-refractivity contribution in [3.8, 4) is 0 Å². The summed E-state index contributed by atoms with van der Waals surface area (Å²) in [5, 5.41) is 24.0. The number of nitrogens with one attached hydrogen (secondary N) is 1. The van der Waals surface area contributed by atoms with Gasteiger partial charge in [-0.25, -0.2) is 4.98 Å². The molecule has 2 aromatic heterocycles. The summed E-state index contributed by atoms with van der Waals surface area (Å²) in [6, 6.07) is 5.94. The molecule has 1 aliphatic heterocycles. The van der Waals surface area contributed by atoms with Gasteiger partial charge in [-0.1, -0.05) is 18.2 Å². The van der Waals surface area contributed by atoms with Crippen molar-refractivity contribution in [3.63, 3.8) is 0 Å². The summed E-state index contributed by atoms with van der Waals surface area (Å²) in [5.41, 5.74) is 3.77. The molecule has 0 radical (unpaired) electrons. The number of hydrogen-bond donors (Lipinski definition) is 5. The molecule has 3 heterocycles. The minimum Gasteiger partial charge on any atom is -0.388 e. The smallest absolute Gasteiger partial charge is 0.325 e. The predicted molar refractivity (Wildman–Crippen MR) is 120 cm³/mol. The fraction of sp³-hybridized carbons (Fsp3) is 0.350. The Bertz CT molecular complexity index is 1290. The molecule has 13 heteroatoms. The lowest BCUT2D eigenvalue weighted by Crippen LogP contribution is -2.31. The van der Waals surface area contributed by atoms with E-state index in [4.69, 9.17) is 26.1 Å². The van der Waals surface area contributed by atoms with Gasteiger partial charge >= 0.3 is 7.60 Å². The van der Waals surface area contributed by atoms with Gasteiger partial charge in [0.2, 0.25) is 5.28 Å². The van der Waals surface area contributed by atoms with Crippen molar-refractivity contribution in [2.24, 2.45) is 0 Å². The fourth-order valence-corrected chi connectivity index (χ4v) is 4.88. The van der Waals surface area contributed by atoms with Crippen LogP contribution >= 0.6 is 19.2 Å². The Morgan fingerprint density at radius 2 is 2.06 bits per heavy atom. The molecule has 1 unspecified atom stereocenters. The van der Waals surface area contributed by atoms with E-state index in [2.05, 4.69) is 26.3 Å². The highest BCUT2D eigenvalue weighted by molar-refractivity contribution is 7.51. The highest BCUT2D eigenvalue weighted by atomic mass is 35.5. The lowest BCUT2D eigenvalue weighted by Gasteiger charge is -2.17. The van der Waals surface area contributed by atoms with E-state index >= 15 is 0 Å². The zero-order valence-corrected chi connectivity index (χ0v) is 18.8. The van der Waals surface area contributed by atoms with Crippen molar-refractivity contribution >= 4 is 47.9 Å². The minimum absolute atomic E-state index is 0.0566. The number of halogens is 1. The highest BCUT2D eigenvalue weighted by Gasteiger charge is 2.44. The summed E-state index contributed by atoms with van der Waals surface area (Å²) >= 11 is 6.16. The molecule has 5 N–H and O–H groups in total. The Morgan fingerprint density at radius 3 is 2.85 bits per heavy atom. The molecule has 0 spiro atoms. The van der Waals surface area contributed by atoms with Crippen molar-refractivity contribution in [2.75, 3.05) is 11.5 Å². The summed E-state index contributed by atoms with van der Waals surface area (Å²) in [6.07, 6.45) is 1.07. The number of anilines is 2. The van der Waals surface area contributed by atoms with Crippen LogP contribution in [0.4, 0.5) is 11.5 Å². The number of nitrogens with zero attached hydrogens (tertiary/aromatic N) is 4. The number of fused-ring (bicyclic) bond motifs is 2. The van der Waals surface area contributed by atoms with Crippen molar-refractivity contribution in [1.82, 2.24) is 19.5 Å². The van der Waals surface area contributed by atoms with E-state index in [9.17, 15) is 14.8 Å². The third kappa shape index (κ3) is 4.41. The van der Waals surface area contributed by atoms with Crippen LogP contribution < -0.4 is 5.32 Å². The Labute approximate surface area is 192 Å². The van der Waals surface area contributed by atoms with E-state index in [0.29, 0.717) is 11.3 Å². The largest absolute Gasteiger partial charge is 0.388 e. The second-order valence-electron chi connectivity index (χ2n) is 8.03. The average Bonchev–Trinajstić information content (AvgIpc) is 3.45. The summed E-state index contributed by atoms with van der Waals surface area (Å²) in [5.74, 6) is 0.358. The maximum absolute atomic E-state index is 11.2. The number of rotatable bonds is 6. The summed E-state index contributed by atoms with van der Waals surface area (Å²) in [6.45, 7) is 0. The molecule has 1 saturated heterocycles. The van der Waals surface area contributed by atoms with Gasteiger partial charge in [-0.15, -0.1) is 0 Å². The van der Waals surface area contributed by atoms with Crippen LogP contribution in [0.5, 0.6) is 0 Å². The molecule has 33 heavy (non-hydrogen) atoms. The van der Waals surface area contributed by atoms with Crippen LogP contribution in [0.25, 0.3) is 17.2 Å². The highest BCUT2D eigenvalue weighted by Crippen LogP contribution is 2.40. The average molecular weight is 494 g/mol. The van der Waals surface area contributed by atoms with Crippen molar-refractivity contribution in [3.05, 3.63) is 47.0 Å².